The Balaban J connectivity index is 2.27. The summed E-state index contributed by atoms with van der Waals surface area (Å²) in [6, 6.07) is 7.11. The van der Waals surface area contributed by atoms with Gasteiger partial charge in [-0.05, 0) is 43.7 Å². The number of ether oxygens (including phenoxy) is 1. The quantitative estimate of drug-likeness (QED) is 0.762. The third-order valence-electron chi connectivity index (χ3n) is 2.25. The number of furan rings is 1. The second-order valence-electron chi connectivity index (χ2n) is 3.60. The van der Waals surface area contributed by atoms with Gasteiger partial charge in [-0.3, -0.25) is 4.98 Å². The number of hydrogen-bond acceptors (Lipinski definition) is 4. The molecule has 0 atom stereocenters. The first kappa shape index (κ1) is 11.4. The molecule has 0 fully saturated rings. The Labute approximate surface area is 99.2 Å². The minimum absolute atomic E-state index is 0.199. The first-order valence-electron chi connectivity index (χ1n) is 5.40. The van der Waals surface area contributed by atoms with Gasteiger partial charge in [-0.2, -0.15) is 0 Å². The maximum Gasteiger partial charge on any atom is 0.374 e. The van der Waals surface area contributed by atoms with Gasteiger partial charge in [0.2, 0.25) is 5.76 Å². The second-order valence-corrected chi connectivity index (χ2v) is 3.60. The van der Waals surface area contributed by atoms with Crippen LogP contribution >= 0.6 is 0 Å². The summed E-state index contributed by atoms with van der Waals surface area (Å²) in [4.78, 5) is 15.6. The first-order chi connectivity index (χ1) is 8.20. The molecule has 0 N–H and O–H groups in total. The number of hydrogen-bond donors (Lipinski definition) is 0. The Bertz CT molecular complexity index is 531. The fourth-order valence-electron chi connectivity index (χ4n) is 1.46. The van der Waals surface area contributed by atoms with E-state index >= 15 is 0 Å². The smallest absolute Gasteiger partial charge is 0.374 e. The van der Waals surface area contributed by atoms with Crippen molar-refractivity contribution in [3.8, 4) is 11.5 Å². The van der Waals surface area contributed by atoms with Crippen molar-refractivity contribution in [2.45, 2.75) is 13.8 Å². The third kappa shape index (κ3) is 2.53. The zero-order chi connectivity index (χ0) is 12.3. The lowest BCUT2D eigenvalue weighted by Crippen LogP contribution is -2.02. The van der Waals surface area contributed by atoms with Crippen LogP contribution < -0.4 is 0 Å². The number of rotatable bonds is 3. The number of pyridine rings is 1. The van der Waals surface area contributed by atoms with Gasteiger partial charge < -0.3 is 9.15 Å². The van der Waals surface area contributed by atoms with Gasteiger partial charge in [-0.15, -0.1) is 0 Å². The van der Waals surface area contributed by atoms with Gasteiger partial charge in [0, 0.05) is 6.20 Å². The maximum absolute atomic E-state index is 11.4. The summed E-state index contributed by atoms with van der Waals surface area (Å²) in [5.74, 6) is 0.313. The van der Waals surface area contributed by atoms with Crippen molar-refractivity contribution < 1.29 is 13.9 Å². The second kappa shape index (κ2) is 4.82. The van der Waals surface area contributed by atoms with Crippen LogP contribution in [0.2, 0.25) is 0 Å². The Morgan fingerprint density at radius 1 is 1.41 bits per heavy atom. The zero-order valence-corrected chi connectivity index (χ0v) is 9.77. The van der Waals surface area contributed by atoms with Crippen LogP contribution in [-0.4, -0.2) is 17.6 Å². The highest BCUT2D eigenvalue weighted by Gasteiger charge is 2.13. The van der Waals surface area contributed by atoms with Gasteiger partial charge in [0.05, 0.1) is 6.61 Å². The van der Waals surface area contributed by atoms with E-state index in [1.165, 1.54) is 0 Å². The number of aryl methyl sites for hydroxylation is 1. The molecule has 0 unspecified atom stereocenters. The molecule has 17 heavy (non-hydrogen) atoms. The molecule has 0 amide bonds. The molecule has 0 aliphatic carbocycles. The minimum atomic E-state index is -0.452. The van der Waals surface area contributed by atoms with Gasteiger partial charge in [0.15, 0.2) is 5.76 Å². The van der Waals surface area contributed by atoms with Crippen LogP contribution in [0.4, 0.5) is 0 Å². The molecule has 0 radical (unpaired) electrons. The summed E-state index contributed by atoms with van der Waals surface area (Å²) in [6.45, 7) is 4.06. The molecule has 2 rings (SSSR count). The lowest BCUT2D eigenvalue weighted by molar-refractivity contribution is 0.0491. The van der Waals surface area contributed by atoms with E-state index in [2.05, 4.69) is 4.98 Å². The van der Waals surface area contributed by atoms with Gasteiger partial charge in [-0.1, -0.05) is 0 Å². The van der Waals surface area contributed by atoms with Crippen LogP contribution in [0.25, 0.3) is 11.5 Å². The van der Waals surface area contributed by atoms with Crippen molar-refractivity contribution in [3.05, 3.63) is 41.8 Å². The molecule has 0 aliphatic rings. The van der Waals surface area contributed by atoms with Crippen molar-refractivity contribution in [1.29, 1.82) is 0 Å². The highest BCUT2D eigenvalue weighted by molar-refractivity contribution is 5.87. The van der Waals surface area contributed by atoms with Crippen LogP contribution in [0.5, 0.6) is 0 Å². The Hall–Kier alpha value is -2.10. The van der Waals surface area contributed by atoms with Crippen molar-refractivity contribution >= 4 is 5.97 Å². The average Bonchev–Trinajstić information content (AvgIpc) is 2.78. The highest BCUT2D eigenvalue weighted by atomic mass is 16.5. The Morgan fingerprint density at radius 2 is 2.24 bits per heavy atom. The monoisotopic (exact) mass is 231 g/mol. The molecule has 4 nitrogen and oxygen atoms in total. The van der Waals surface area contributed by atoms with Crippen molar-refractivity contribution in [2.24, 2.45) is 0 Å². The maximum atomic E-state index is 11.4. The van der Waals surface area contributed by atoms with E-state index in [9.17, 15) is 4.79 Å². The van der Waals surface area contributed by atoms with Crippen molar-refractivity contribution in [2.75, 3.05) is 6.61 Å². The lowest BCUT2D eigenvalue weighted by Gasteiger charge is -1.98. The fraction of sp³-hybridized carbons (Fsp3) is 0.231. The molecule has 2 heterocycles. The van der Waals surface area contributed by atoms with E-state index in [1.807, 2.05) is 19.1 Å². The molecule has 0 saturated heterocycles. The Kier molecular flexibility index (Phi) is 3.23. The largest absolute Gasteiger partial charge is 0.460 e. The molecule has 0 aromatic carbocycles. The molecule has 88 valence electrons. The van der Waals surface area contributed by atoms with Crippen LogP contribution in [0.1, 0.15) is 23.0 Å². The van der Waals surface area contributed by atoms with Gasteiger partial charge in [0.25, 0.3) is 0 Å². The van der Waals surface area contributed by atoms with Gasteiger partial charge >= 0.3 is 5.97 Å². The molecular formula is C13H13NO3. The number of aromatic nitrogens is 1. The standard InChI is InChI=1S/C13H13NO3/c1-3-16-13(15)12-5-4-11(17-12)10-8-9(2)6-7-14-10/h4-8H,3H2,1-2H3. The molecule has 0 saturated carbocycles. The summed E-state index contributed by atoms with van der Waals surface area (Å²) < 4.78 is 10.2. The summed E-state index contributed by atoms with van der Waals surface area (Å²) in [7, 11) is 0. The van der Waals surface area contributed by atoms with E-state index in [0.717, 1.165) is 5.56 Å². The summed E-state index contributed by atoms with van der Waals surface area (Å²) in [5.41, 5.74) is 1.80. The zero-order valence-electron chi connectivity index (χ0n) is 9.77. The van der Waals surface area contributed by atoms with Crippen molar-refractivity contribution in [1.82, 2.24) is 4.98 Å². The van der Waals surface area contributed by atoms with Crippen LogP contribution in [0, 0.1) is 6.92 Å². The third-order valence-corrected chi connectivity index (χ3v) is 2.25. The molecule has 4 heteroatoms. The SMILES string of the molecule is CCOC(=O)c1ccc(-c2cc(C)ccn2)o1. The molecule has 2 aromatic heterocycles. The molecular weight excluding hydrogens is 218 g/mol. The lowest BCUT2D eigenvalue weighted by atomic mass is 10.2. The Morgan fingerprint density at radius 3 is 2.94 bits per heavy atom. The van der Waals surface area contributed by atoms with E-state index < -0.39 is 5.97 Å². The summed E-state index contributed by atoms with van der Waals surface area (Å²) >= 11 is 0. The highest BCUT2D eigenvalue weighted by Crippen LogP contribution is 2.21. The molecule has 0 bridgehead atoms. The van der Waals surface area contributed by atoms with Gasteiger partial charge in [-0.25, -0.2) is 4.79 Å². The fourth-order valence-corrected chi connectivity index (χ4v) is 1.46. The molecule has 2 aromatic rings. The van der Waals surface area contributed by atoms with Crippen LogP contribution in [0.15, 0.2) is 34.9 Å². The summed E-state index contributed by atoms with van der Waals surface area (Å²) in [5, 5.41) is 0. The molecule has 0 aliphatic heterocycles. The van der Waals surface area contributed by atoms with E-state index in [1.54, 1.807) is 25.3 Å². The number of carbonyl (C=O) groups is 1. The van der Waals surface area contributed by atoms with Gasteiger partial charge in [0.1, 0.15) is 5.69 Å². The number of nitrogens with zero attached hydrogens (tertiary/aromatic N) is 1. The van der Waals surface area contributed by atoms with Crippen molar-refractivity contribution in [3.63, 3.8) is 0 Å². The average molecular weight is 231 g/mol. The topological polar surface area (TPSA) is 52.3 Å². The van der Waals surface area contributed by atoms with Crippen LogP contribution in [-0.2, 0) is 4.74 Å². The molecule has 0 spiro atoms. The van der Waals surface area contributed by atoms with E-state index in [-0.39, 0.29) is 5.76 Å². The number of esters is 1. The minimum Gasteiger partial charge on any atom is -0.460 e. The van der Waals surface area contributed by atoms with E-state index in [0.29, 0.717) is 18.1 Å². The van der Waals surface area contributed by atoms with Crippen LogP contribution in [0.3, 0.4) is 0 Å². The van der Waals surface area contributed by atoms with E-state index in [4.69, 9.17) is 9.15 Å². The predicted molar refractivity (Wildman–Crippen MR) is 62.6 cm³/mol. The normalized spacial score (nSPS) is 10.2. The first-order valence-corrected chi connectivity index (χ1v) is 5.40. The summed E-state index contributed by atoms with van der Waals surface area (Å²) in [6.07, 6.45) is 1.71. The predicted octanol–water partition coefficient (Wildman–Crippen LogP) is 2.83. The number of carbonyl (C=O) groups excluding carboxylic acids is 1.